The van der Waals surface area contributed by atoms with Gasteiger partial charge in [-0.25, -0.2) is 19.7 Å². The number of aromatic nitrogens is 3. The molecule has 4 heterocycles. The van der Waals surface area contributed by atoms with E-state index in [9.17, 15) is 14.7 Å². The quantitative estimate of drug-likeness (QED) is 0.312. The number of rotatable bonds is 6. The molecule has 2 amide bonds. The summed E-state index contributed by atoms with van der Waals surface area (Å²) >= 11 is 0. The maximum absolute atomic E-state index is 12.8. The van der Waals surface area contributed by atoms with E-state index in [1.54, 1.807) is 18.5 Å². The van der Waals surface area contributed by atoms with Crippen LogP contribution in [0.5, 0.6) is 11.6 Å². The van der Waals surface area contributed by atoms with Gasteiger partial charge in [-0.15, -0.1) is 0 Å². The number of ether oxygens (including phenoxy) is 1. The van der Waals surface area contributed by atoms with Gasteiger partial charge >= 0.3 is 6.09 Å². The Morgan fingerprint density at radius 2 is 1.90 bits per heavy atom. The van der Waals surface area contributed by atoms with Gasteiger partial charge in [-0.2, -0.15) is 0 Å². The highest BCUT2D eigenvalue weighted by Crippen LogP contribution is 2.40. The van der Waals surface area contributed by atoms with Gasteiger partial charge in [-0.1, -0.05) is 31.2 Å². The molecule has 2 atom stereocenters. The Morgan fingerprint density at radius 1 is 1.02 bits per heavy atom. The summed E-state index contributed by atoms with van der Waals surface area (Å²) < 4.78 is 6.54. The highest BCUT2D eigenvalue weighted by atomic mass is 16.5. The number of likely N-dealkylation sites (tertiary alicyclic amines) is 1. The molecule has 2 aliphatic rings. The lowest BCUT2D eigenvalue weighted by Crippen LogP contribution is -2.44. The van der Waals surface area contributed by atoms with Crippen LogP contribution in [0.2, 0.25) is 0 Å². The van der Waals surface area contributed by atoms with Crippen molar-refractivity contribution in [2.75, 3.05) is 29.9 Å². The monoisotopic (exact) mass is 552 g/mol. The fourth-order valence-corrected chi connectivity index (χ4v) is 5.65. The Labute approximate surface area is 238 Å². The summed E-state index contributed by atoms with van der Waals surface area (Å²) in [6.07, 6.45) is 4.89. The first kappa shape index (κ1) is 26.5. The van der Waals surface area contributed by atoms with Gasteiger partial charge in [0.1, 0.15) is 5.75 Å². The molecule has 210 valence electrons. The lowest BCUT2D eigenvalue weighted by Gasteiger charge is -2.31. The molecule has 4 aromatic rings. The van der Waals surface area contributed by atoms with Crippen LogP contribution < -0.4 is 15.0 Å². The number of nitrogens with zero attached hydrogens (tertiary/aromatic N) is 5. The number of hydrogen-bond acceptors (Lipinski definition) is 7. The van der Waals surface area contributed by atoms with E-state index < -0.39 is 6.09 Å². The number of pyridine rings is 1. The highest BCUT2D eigenvalue weighted by molar-refractivity contribution is 6.07. The number of carbonyl (C=O) groups is 2. The van der Waals surface area contributed by atoms with Crippen LogP contribution in [-0.2, 0) is 4.79 Å². The van der Waals surface area contributed by atoms with E-state index in [1.807, 2.05) is 61.2 Å². The Balaban J connectivity index is 1.31. The van der Waals surface area contributed by atoms with E-state index in [-0.39, 0.29) is 17.9 Å². The number of fused-ring (bicyclic) bond motifs is 1. The van der Waals surface area contributed by atoms with Gasteiger partial charge in [0, 0.05) is 54.8 Å². The van der Waals surface area contributed by atoms with E-state index in [1.165, 1.54) is 4.90 Å². The predicted molar refractivity (Wildman–Crippen MR) is 156 cm³/mol. The first-order valence-electron chi connectivity index (χ1n) is 13.9. The Kier molecular flexibility index (Phi) is 7.13. The Morgan fingerprint density at radius 3 is 2.71 bits per heavy atom. The molecule has 2 fully saturated rings. The van der Waals surface area contributed by atoms with Crippen LogP contribution >= 0.6 is 0 Å². The van der Waals surface area contributed by atoms with E-state index in [2.05, 4.69) is 15.3 Å². The number of hydrogen-bond donors (Lipinski definition) is 2. The van der Waals surface area contributed by atoms with E-state index in [0.29, 0.717) is 48.5 Å². The summed E-state index contributed by atoms with van der Waals surface area (Å²) in [4.78, 5) is 41.2. The van der Waals surface area contributed by atoms with Gasteiger partial charge in [0.05, 0.1) is 16.9 Å². The number of amides is 2. The molecule has 0 spiro atoms. The molecular formula is C31H32N6O4. The zero-order chi connectivity index (χ0) is 28.5. The number of nitrogens with one attached hydrogen (secondary N) is 1. The number of carboxylic acid groups (broad SMARTS) is 1. The molecule has 41 heavy (non-hydrogen) atoms. The van der Waals surface area contributed by atoms with Crippen molar-refractivity contribution in [1.82, 2.24) is 19.9 Å². The molecule has 2 aromatic heterocycles. The largest absolute Gasteiger partial charge is 0.465 e. The lowest BCUT2D eigenvalue weighted by molar-refractivity contribution is -0.119. The lowest BCUT2D eigenvalue weighted by atomic mass is 10.0. The van der Waals surface area contributed by atoms with Gasteiger partial charge in [0.2, 0.25) is 17.7 Å². The minimum atomic E-state index is -0.916. The van der Waals surface area contributed by atoms with Crippen molar-refractivity contribution in [3.8, 4) is 22.9 Å². The summed E-state index contributed by atoms with van der Waals surface area (Å²) in [5.41, 5.74) is 3.16. The van der Waals surface area contributed by atoms with Crippen LogP contribution in [0, 0.1) is 12.8 Å². The van der Waals surface area contributed by atoms with Crippen LogP contribution in [0.1, 0.15) is 31.7 Å². The van der Waals surface area contributed by atoms with Crippen molar-refractivity contribution in [2.24, 2.45) is 5.92 Å². The minimum Gasteiger partial charge on any atom is -0.465 e. The SMILES string of the molecule is Cc1ccc2c(N3CC[C@@H](C)C3=O)cccc2c1Oc1ncccc1-c1ccnc(N[C@H]2CCCN(C(=O)O)C2)n1. The Hall–Kier alpha value is -4.73. The third-order valence-electron chi connectivity index (χ3n) is 7.88. The molecule has 10 nitrogen and oxygen atoms in total. The zero-order valence-corrected chi connectivity index (χ0v) is 23.1. The van der Waals surface area contributed by atoms with Crippen molar-refractivity contribution < 1.29 is 19.4 Å². The van der Waals surface area contributed by atoms with Crippen LogP contribution in [0.4, 0.5) is 16.4 Å². The summed E-state index contributed by atoms with van der Waals surface area (Å²) in [7, 11) is 0. The first-order chi connectivity index (χ1) is 19.9. The second kappa shape index (κ2) is 11.0. The summed E-state index contributed by atoms with van der Waals surface area (Å²) in [5, 5.41) is 14.5. The molecule has 6 rings (SSSR count). The maximum Gasteiger partial charge on any atom is 0.407 e. The minimum absolute atomic E-state index is 0.0176. The van der Waals surface area contributed by atoms with Gasteiger partial charge in [-0.3, -0.25) is 4.79 Å². The highest BCUT2D eigenvalue weighted by Gasteiger charge is 2.30. The van der Waals surface area contributed by atoms with Crippen molar-refractivity contribution in [3.05, 3.63) is 66.5 Å². The standard InChI is InChI=1S/C31H32N6O4/c1-19-10-11-22-23(7-3-9-26(22)37-17-13-20(2)29(37)38)27(19)41-28-24(8-4-14-32-28)25-12-15-33-30(35-25)34-21-6-5-16-36(18-21)31(39)40/h3-4,7-12,14-15,20-21H,5-6,13,16-18H2,1-2H3,(H,39,40)(H,33,34,35)/t20-,21+/m1/s1. The topological polar surface area (TPSA) is 121 Å². The van der Waals surface area contributed by atoms with Gasteiger partial charge in [-0.05, 0) is 56.0 Å². The van der Waals surface area contributed by atoms with Crippen LogP contribution in [0.25, 0.3) is 22.0 Å². The first-order valence-corrected chi connectivity index (χ1v) is 13.9. The van der Waals surface area contributed by atoms with Crippen molar-refractivity contribution in [1.29, 1.82) is 0 Å². The second-order valence-corrected chi connectivity index (χ2v) is 10.7. The molecule has 2 N–H and O–H groups in total. The Bertz CT molecular complexity index is 1630. The molecule has 0 bridgehead atoms. The smallest absolute Gasteiger partial charge is 0.407 e. The average Bonchev–Trinajstić information content (AvgIpc) is 3.32. The van der Waals surface area contributed by atoms with Crippen LogP contribution in [-0.4, -0.2) is 62.6 Å². The maximum atomic E-state index is 12.8. The number of piperidine rings is 1. The zero-order valence-electron chi connectivity index (χ0n) is 23.1. The normalized spacial score (nSPS) is 19.0. The third-order valence-corrected chi connectivity index (χ3v) is 7.88. The number of carbonyl (C=O) groups excluding carboxylic acids is 1. The average molecular weight is 553 g/mol. The van der Waals surface area contributed by atoms with E-state index in [0.717, 1.165) is 41.3 Å². The molecule has 2 aromatic carbocycles. The second-order valence-electron chi connectivity index (χ2n) is 10.7. The molecule has 2 aliphatic heterocycles. The van der Waals surface area contributed by atoms with Gasteiger partial charge < -0.3 is 25.0 Å². The molecule has 0 aliphatic carbocycles. The number of benzene rings is 2. The summed E-state index contributed by atoms with van der Waals surface area (Å²) in [5.74, 6) is 1.66. The fourth-order valence-electron chi connectivity index (χ4n) is 5.65. The molecule has 2 saturated heterocycles. The fraction of sp³-hybridized carbons (Fsp3) is 0.323. The molecule has 0 unspecified atom stereocenters. The molecule has 10 heteroatoms. The molecule has 0 saturated carbocycles. The third kappa shape index (κ3) is 5.25. The molecular weight excluding hydrogens is 520 g/mol. The van der Waals surface area contributed by atoms with Crippen molar-refractivity contribution in [2.45, 2.75) is 39.2 Å². The van der Waals surface area contributed by atoms with Gasteiger partial charge in [0.25, 0.3) is 0 Å². The van der Waals surface area contributed by atoms with Gasteiger partial charge in [0.15, 0.2) is 0 Å². The number of anilines is 2. The van der Waals surface area contributed by atoms with E-state index >= 15 is 0 Å². The summed E-state index contributed by atoms with van der Waals surface area (Å²) in [6, 6.07) is 15.5. The molecule has 0 radical (unpaired) electrons. The van der Waals surface area contributed by atoms with Crippen molar-refractivity contribution >= 4 is 34.4 Å². The predicted octanol–water partition coefficient (Wildman–Crippen LogP) is 5.72. The number of aryl methyl sites for hydroxylation is 1. The van der Waals surface area contributed by atoms with Crippen molar-refractivity contribution in [3.63, 3.8) is 0 Å². The van der Waals surface area contributed by atoms with Crippen LogP contribution in [0.3, 0.4) is 0 Å². The van der Waals surface area contributed by atoms with Crippen LogP contribution in [0.15, 0.2) is 60.9 Å². The summed E-state index contributed by atoms with van der Waals surface area (Å²) in [6.45, 7) is 5.59. The van der Waals surface area contributed by atoms with E-state index in [4.69, 9.17) is 9.72 Å².